The molecule has 3 aromatic rings. The van der Waals surface area contributed by atoms with Gasteiger partial charge in [-0.25, -0.2) is 9.37 Å². The number of aromatic nitrogens is 2. The molecule has 1 aliphatic rings. The minimum absolute atomic E-state index is 0.0814. The van der Waals surface area contributed by atoms with Crippen molar-refractivity contribution in [1.82, 2.24) is 14.9 Å². The molecule has 4 rings (SSSR count). The molecule has 2 aromatic heterocycles. The Hall–Kier alpha value is -2.29. The molecule has 8 heteroatoms. The van der Waals surface area contributed by atoms with E-state index < -0.39 is 5.72 Å². The molecule has 1 aromatic carbocycles. The van der Waals surface area contributed by atoms with E-state index in [4.69, 9.17) is 4.74 Å². The van der Waals surface area contributed by atoms with Crippen LogP contribution >= 0.6 is 11.3 Å². The average Bonchev–Trinajstić information content (AvgIpc) is 3.16. The second kappa shape index (κ2) is 8.38. The molecule has 0 bridgehead atoms. The molecule has 148 valence electrons. The van der Waals surface area contributed by atoms with Gasteiger partial charge in [0.25, 0.3) is 0 Å². The number of rotatable bonds is 7. The van der Waals surface area contributed by atoms with Gasteiger partial charge in [-0.05, 0) is 43.2 Å². The molecule has 0 aliphatic carbocycles. The lowest BCUT2D eigenvalue weighted by atomic mass is 10.1. The first-order chi connectivity index (χ1) is 13.6. The second-order valence-electron chi connectivity index (χ2n) is 6.99. The highest BCUT2D eigenvalue weighted by Gasteiger charge is 2.36. The van der Waals surface area contributed by atoms with Crippen LogP contribution in [0.15, 0.2) is 42.7 Å². The number of piperidine rings is 1. The van der Waals surface area contributed by atoms with Crippen molar-refractivity contribution < 1.29 is 14.2 Å². The maximum Gasteiger partial charge on any atom is 0.184 e. The van der Waals surface area contributed by atoms with Gasteiger partial charge in [0.2, 0.25) is 0 Å². The summed E-state index contributed by atoms with van der Waals surface area (Å²) in [7, 11) is 0. The number of hydrogen-bond donors (Lipinski definition) is 2. The smallest absolute Gasteiger partial charge is 0.184 e. The van der Waals surface area contributed by atoms with E-state index in [0.29, 0.717) is 5.75 Å². The highest BCUT2D eigenvalue weighted by atomic mass is 32.1. The van der Waals surface area contributed by atoms with E-state index in [9.17, 15) is 9.50 Å². The highest BCUT2D eigenvalue weighted by molar-refractivity contribution is 7.22. The van der Waals surface area contributed by atoms with E-state index in [0.717, 1.165) is 41.3 Å². The first-order valence-corrected chi connectivity index (χ1v) is 10.2. The number of hydrogen-bond acceptors (Lipinski definition) is 7. The number of halogens is 1. The van der Waals surface area contributed by atoms with E-state index in [1.807, 2.05) is 6.07 Å². The Morgan fingerprint density at radius 3 is 2.71 bits per heavy atom. The van der Waals surface area contributed by atoms with Crippen LogP contribution in [0, 0.1) is 5.82 Å². The molecule has 1 saturated heterocycles. The normalized spacial score (nSPS) is 17.4. The molecule has 1 fully saturated rings. The number of likely N-dealkylation sites (tertiary alicyclic amines) is 1. The van der Waals surface area contributed by atoms with Gasteiger partial charge >= 0.3 is 0 Å². The molecule has 1 unspecified atom stereocenters. The fraction of sp³-hybridized carbons (Fsp3) is 0.400. The largest absolute Gasteiger partial charge is 0.489 e. The Morgan fingerprint density at radius 1 is 1.18 bits per heavy atom. The lowest BCUT2D eigenvalue weighted by Gasteiger charge is -2.41. The van der Waals surface area contributed by atoms with E-state index in [1.165, 1.54) is 29.9 Å². The first-order valence-electron chi connectivity index (χ1n) is 9.43. The fourth-order valence-electron chi connectivity index (χ4n) is 3.37. The first kappa shape index (κ1) is 19.0. The molecule has 1 aliphatic heterocycles. The van der Waals surface area contributed by atoms with Crippen LogP contribution in [-0.4, -0.2) is 51.9 Å². The summed E-state index contributed by atoms with van der Waals surface area (Å²) in [5.74, 6) is 0.216. The van der Waals surface area contributed by atoms with Gasteiger partial charge in [0.1, 0.15) is 23.7 Å². The summed E-state index contributed by atoms with van der Waals surface area (Å²) in [6.45, 7) is 1.99. The zero-order valence-electron chi connectivity index (χ0n) is 15.5. The van der Waals surface area contributed by atoms with Crippen molar-refractivity contribution >= 4 is 26.7 Å². The molecular weight excluding hydrogens is 379 g/mol. The third kappa shape index (κ3) is 4.40. The summed E-state index contributed by atoms with van der Waals surface area (Å²) in [5, 5.41) is 15.4. The number of aliphatic hydroxyl groups is 1. The van der Waals surface area contributed by atoms with Crippen molar-refractivity contribution in [2.75, 3.05) is 31.6 Å². The summed E-state index contributed by atoms with van der Waals surface area (Å²) in [4.78, 5) is 10.7. The Labute approximate surface area is 167 Å². The van der Waals surface area contributed by atoms with Gasteiger partial charge in [-0.15, -0.1) is 0 Å². The van der Waals surface area contributed by atoms with Crippen LogP contribution in [0.25, 0.3) is 10.2 Å². The molecule has 0 spiro atoms. The summed E-state index contributed by atoms with van der Waals surface area (Å²) in [5.41, 5.74) is -0.357. The van der Waals surface area contributed by atoms with Gasteiger partial charge in [0.15, 0.2) is 10.9 Å². The number of anilines is 1. The standard InChI is InChI=1S/C20H23FN4O2S/c21-15-4-6-16(7-5-15)27-14-20(26,25-10-2-1-3-11-25)13-23-19-24-17-12-22-9-8-18(17)28-19/h4-9,12,26H,1-3,10-11,13-14H2,(H,23,24). The van der Waals surface area contributed by atoms with Crippen molar-refractivity contribution in [3.8, 4) is 5.75 Å². The quantitative estimate of drug-likeness (QED) is 0.630. The molecule has 28 heavy (non-hydrogen) atoms. The lowest BCUT2D eigenvalue weighted by molar-refractivity contribution is -0.129. The minimum Gasteiger partial charge on any atom is -0.489 e. The zero-order valence-corrected chi connectivity index (χ0v) is 16.3. The van der Waals surface area contributed by atoms with Crippen molar-refractivity contribution in [2.24, 2.45) is 0 Å². The average molecular weight is 402 g/mol. The van der Waals surface area contributed by atoms with E-state index in [1.54, 1.807) is 24.5 Å². The third-order valence-corrected chi connectivity index (χ3v) is 5.94. The van der Waals surface area contributed by atoms with Crippen LogP contribution in [0.1, 0.15) is 19.3 Å². The maximum absolute atomic E-state index is 13.1. The van der Waals surface area contributed by atoms with E-state index >= 15 is 0 Å². The molecule has 1 atom stereocenters. The molecule has 2 N–H and O–H groups in total. The molecule has 0 radical (unpaired) electrons. The Morgan fingerprint density at radius 2 is 1.96 bits per heavy atom. The minimum atomic E-state index is -1.19. The second-order valence-corrected chi connectivity index (χ2v) is 8.02. The van der Waals surface area contributed by atoms with Crippen molar-refractivity contribution in [3.63, 3.8) is 0 Å². The van der Waals surface area contributed by atoms with Crippen LogP contribution in [-0.2, 0) is 0 Å². The van der Waals surface area contributed by atoms with Gasteiger partial charge in [0, 0.05) is 19.3 Å². The van der Waals surface area contributed by atoms with Gasteiger partial charge in [0.05, 0.1) is 17.4 Å². The topological polar surface area (TPSA) is 70.5 Å². The summed E-state index contributed by atoms with van der Waals surface area (Å²) in [6, 6.07) is 7.76. The van der Waals surface area contributed by atoms with Crippen LogP contribution in [0.5, 0.6) is 5.75 Å². The number of ether oxygens (including phenoxy) is 1. The van der Waals surface area contributed by atoms with E-state index in [2.05, 4.69) is 20.2 Å². The predicted octanol–water partition coefficient (Wildman–Crippen LogP) is 3.50. The van der Waals surface area contributed by atoms with Crippen molar-refractivity contribution in [1.29, 1.82) is 0 Å². The third-order valence-electron chi connectivity index (χ3n) is 4.94. The van der Waals surface area contributed by atoms with Crippen LogP contribution in [0.4, 0.5) is 9.52 Å². The maximum atomic E-state index is 13.1. The molecule has 6 nitrogen and oxygen atoms in total. The number of pyridine rings is 1. The van der Waals surface area contributed by atoms with Crippen LogP contribution in [0.2, 0.25) is 0 Å². The van der Waals surface area contributed by atoms with Crippen molar-refractivity contribution in [3.05, 3.63) is 48.5 Å². The van der Waals surface area contributed by atoms with Crippen molar-refractivity contribution in [2.45, 2.75) is 25.0 Å². The molecule has 0 amide bonds. The van der Waals surface area contributed by atoms with Gasteiger partial charge in [-0.1, -0.05) is 17.8 Å². The van der Waals surface area contributed by atoms with E-state index in [-0.39, 0.29) is 19.0 Å². The predicted molar refractivity (Wildman–Crippen MR) is 108 cm³/mol. The Kier molecular flexibility index (Phi) is 5.70. The SMILES string of the molecule is OC(CNc1nc2cnccc2s1)(COc1ccc(F)cc1)N1CCCCC1. The fourth-order valence-corrected chi connectivity index (χ4v) is 4.20. The number of fused-ring (bicyclic) bond motifs is 1. The Bertz CT molecular complexity index is 881. The lowest BCUT2D eigenvalue weighted by Crippen LogP contribution is -2.58. The molecule has 3 heterocycles. The Balaban J connectivity index is 1.47. The zero-order chi connectivity index (χ0) is 19.4. The summed E-state index contributed by atoms with van der Waals surface area (Å²) in [6.07, 6.45) is 6.73. The van der Waals surface area contributed by atoms with Gasteiger partial charge < -0.3 is 15.2 Å². The number of benzene rings is 1. The molecular formula is C20H23FN4O2S. The number of nitrogens with one attached hydrogen (secondary N) is 1. The van der Waals surface area contributed by atoms with Gasteiger partial charge in [-0.2, -0.15) is 0 Å². The summed E-state index contributed by atoms with van der Waals surface area (Å²) >= 11 is 1.53. The number of thiazole rings is 1. The number of nitrogens with zero attached hydrogens (tertiary/aromatic N) is 3. The molecule has 0 saturated carbocycles. The summed E-state index contributed by atoms with van der Waals surface area (Å²) < 4.78 is 20.0. The van der Waals surface area contributed by atoms with Crippen LogP contribution in [0.3, 0.4) is 0 Å². The monoisotopic (exact) mass is 402 g/mol. The highest BCUT2D eigenvalue weighted by Crippen LogP contribution is 2.27. The van der Waals surface area contributed by atoms with Crippen LogP contribution < -0.4 is 10.1 Å². The van der Waals surface area contributed by atoms with Gasteiger partial charge in [-0.3, -0.25) is 9.88 Å².